The fourth-order valence-electron chi connectivity index (χ4n) is 11.8. The van der Waals surface area contributed by atoms with Gasteiger partial charge in [0.2, 0.25) is 5.78 Å². The summed E-state index contributed by atoms with van der Waals surface area (Å²) in [7, 11) is 3.72. The van der Waals surface area contributed by atoms with Crippen LogP contribution in [0.15, 0.2) is 90.5 Å². The van der Waals surface area contributed by atoms with Gasteiger partial charge in [0, 0.05) is 23.2 Å². The lowest BCUT2D eigenvalue weighted by molar-refractivity contribution is -0.246. The fourth-order valence-corrected chi connectivity index (χ4v) is 11.8. The van der Waals surface area contributed by atoms with Crippen molar-refractivity contribution in [1.29, 1.82) is 0 Å². The molecule has 0 amide bonds. The van der Waals surface area contributed by atoms with Gasteiger partial charge in [-0.2, -0.15) is 0 Å². The van der Waals surface area contributed by atoms with E-state index in [0.717, 1.165) is 21.9 Å². The highest BCUT2D eigenvalue weighted by atomic mass is 19.1. The average molecular weight is 850 g/mol. The van der Waals surface area contributed by atoms with Crippen LogP contribution in [0, 0.1) is 22.7 Å². The number of esters is 2. The Hall–Kier alpha value is -4.88. The molecule has 1 unspecified atom stereocenters. The standard InChI is InChI=1S/C50H56FNO10/c1-46(2)61-42-26-38-37-18-17-35-25-36(53)21-22-47(35,3)49(37,51)40(55)27-48(38,4)50(42,62-46)41(56)29-60-44(58)20-19-43(57)59-28-30-11-15-33(16-12-30)45(52(5)6)39(54)24-31-13-14-32-9-7-8-10-34(32)23-31/h7-16,21-23,25,37-38,40,42,45,55H,17-20,24,26-29H2,1-6H3/t37-,38-,40-,42+,45?,47-,48-,49-,50+/m0/s1. The Labute approximate surface area is 361 Å². The number of nitrogens with zero attached hydrogens (tertiary/aromatic N) is 1. The molecule has 0 bridgehead atoms. The lowest BCUT2D eigenvalue weighted by atomic mass is 9.44. The van der Waals surface area contributed by atoms with Gasteiger partial charge in [0.1, 0.15) is 6.61 Å². The molecule has 5 aliphatic rings. The number of benzene rings is 3. The molecule has 0 aromatic heterocycles. The van der Waals surface area contributed by atoms with Crippen LogP contribution in [0.3, 0.4) is 0 Å². The number of hydrogen-bond donors (Lipinski definition) is 1. The highest BCUT2D eigenvalue weighted by molar-refractivity contribution is 6.01. The van der Waals surface area contributed by atoms with E-state index in [9.17, 15) is 29.1 Å². The molecule has 0 spiro atoms. The molecule has 3 aromatic carbocycles. The van der Waals surface area contributed by atoms with Gasteiger partial charge < -0.3 is 24.1 Å². The summed E-state index contributed by atoms with van der Waals surface area (Å²) >= 11 is 0. The maximum absolute atomic E-state index is 17.7. The Morgan fingerprint density at radius 1 is 0.903 bits per heavy atom. The molecule has 4 aliphatic carbocycles. The second-order valence-corrected chi connectivity index (χ2v) is 19.0. The van der Waals surface area contributed by atoms with Crippen LogP contribution in [0.1, 0.15) is 89.0 Å². The molecular weight excluding hydrogens is 794 g/mol. The van der Waals surface area contributed by atoms with E-state index < -0.39 is 82.3 Å². The molecule has 8 rings (SSSR count). The molecule has 1 aliphatic heterocycles. The van der Waals surface area contributed by atoms with Crippen LogP contribution in [-0.4, -0.2) is 89.3 Å². The van der Waals surface area contributed by atoms with Crippen molar-refractivity contribution in [2.45, 2.75) is 115 Å². The Balaban J connectivity index is 0.857. The summed E-state index contributed by atoms with van der Waals surface area (Å²) < 4.78 is 41.5. The molecule has 11 nitrogen and oxygen atoms in total. The minimum absolute atomic E-state index is 0.0424. The van der Waals surface area contributed by atoms with Gasteiger partial charge in [-0.1, -0.05) is 85.3 Å². The van der Waals surface area contributed by atoms with Crippen molar-refractivity contribution in [3.63, 3.8) is 0 Å². The minimum Gasteiger partial charge on any atom is -0.461 e. The zero-order valence-corrected chi connectivity index (χ0v) is 36.3. The predicted molar refractivity (Wildman–Crippen MR) is 227 cm³/mol. The topological polar surface area (TPSA) is 146 Å². The van der Waals surface area contributed by atoms with Gasteiger partial charge in [-0.3, -0.25) is 28.9 Å². The number of alkyl halides is 1. The number of aliphatic hydroxyl groups excluding tert-OH is 1. The number of ether oxygens (including phenoxy) is 4. The second-order valence-electron chi connectivity index (χ2n) is 19.0. The quantitative estimate of drug-likeness (QED) is 0.177. The summed E-state index contributed by atoms with van der Waals surface area (Å²) in [6.45, 7) is 6.27. The number of fused-ring (bicyclic) bond motifs is 8. The van der Waals surface area contributed by atoms with Crippen LogP contribution in [0.25, 0.3) is 10.8 Å². The van der Waals surface area contributed by atoms with Gasteiger partial charge in [-0.05, 0) is 106 Å². The third-order valence-electron chi connectivity index (χ3n) is 14.7. The van der Waals surface area contributed by atoms with E-state index in [0.29, 0.717) is 30.4 Å². The first-order valence-electron chi connectivity index (χ1n) is 21.6. The van der Waals surface area contributed by atoms with Gasteiger partial charge >= 0.3 is 11.9 Å². The summed E-state index contributed by atoms with van der Waals surface area (Å²) in [5.41, 5.74) is -2.90. The molecular formula is C50H56FNO10. The number of likely N-dealkylation sites (N-methyl/N-ethyl adjacent to an activating group) is 1. The number of halogens is 1. The smallest absolute Gasteiger partial charge is 0.306 e. The van der Waals surface area contributed by atoms with Crippen molar-refractivity contribution in [1.82, 2.24) is 4.90 Å². The van der Waals surface area contributed by atoms with Gasteiger partial charge in [0.25, 0.3) is 0 Å². The first kappa shape index (κ1) is 43.8. The first-order chi connectivity index (χ1) is 29.3. The minimum atomic E-state index is -2.10. The van der Waals surface area contributed by atoms with E-state index in [1.165, 1.54) is 12.2 Å². The number of aliphatic hydroxyl groups is 1. The molecule has 328 valence electrons. The van der Waals surface area contributed by atoms with Crippen LogP contribution in [0.2, 0.25) is 0 Å². The van der Waals surface area contributed by atoms with Crippen molar-refractivity contribution in [3.8, 4) is 0 Å². The van der Waals surface area contributed by atoms with Gasteiger partial charge in [0.15, 0.2) is 35.2 Å². The maximum atomic E-state index is 17.7. The molecule has 0 radical (unpaired) electrons. The fraction of sp³-hybridized carbons (Fsp3) is 0.500. The molecule has 3 saturated carbocycles. The molecule has 1 N–H and O–H groups in total. The summed E-state index contributed by atoms with van der Waals surface area (Å²) in [5.74, 6) is -4.38. The first-order valence-corrected chi connectivity index (χ1v) is 21.6. The second kappa shape index (κ2) is 16.0. The monoisotopic (exact) mass is 849 g/mol. The lowest BCUT2D eigenvalue weighted by Gasteiger charge is -2.62. The van der Waals surface area contributed by atoms with Crippen LogP contribution < -0.4 is 0 Å². The van der Waals surface area contributed by atoms with E-state index in [4.69, 9.17) is 18.9 Å². The van der Waals surface area contributed by atoms with E-state index in [-0.39, 0.29) is 43.9 Å². The largest absolute Gasteiger partial charge is 0.461 e. The molecule has 4 fully saturated rings. The van der Waals surface area contributed by atoms with Crippen molar-refractivity contribution in [2.75, 3.05) is 20.7 Å². The van der Waals surface area contributed by atoms with Gasteiger partial charge in [-0.15, -0.1) is 0 Å². The van der Waals surface area contributed by atoms with Crippen LogP contribution in [0.4, 0.5) is 4.39 Å². The zero-order chi connectivity index (χ0) is 44.4. The van der Waals surface area contributed by atoms with E-state index in [1.807, 2.05) is 80.5 Å². The Bertz CT molecular complexity index is 2370. The number of ketones is 3. The molecule has 9 atom stereocenters. The summed E-state index contributed by atoms with van der Waals surface area (Å²) in [4.78, 5) is 67.8. The Morgan fingerprint density at radius 2 is 1.58 bits per heavy atom. The highest BCUT2D eigenvalue weighted by Gasteiger charge is 2.80. The summed E-state index contributed by atoms with van der Waals surface area (Å²) in [6.07, 6.45) is 2.86. The summed E-state index contributed by atoms with van der Waals surface area (Å²) in [6, 6.07) is 20.9. The number of hydrogen-bond acceptors (Lipinski definition) is 11. The zero-order valence-electron chi connectivity index (χ0n) is 36.3. The number of carbonyl (C=O) groups excluding carboxylic acids is 5. The van der Waals surface area contributed by atoms with E-state index in [1.54, 1.807) is 39.0 Å². The Morgan fingerprint density at radius 3 is 2.29 bits per heavy atom. The molecule has 12 heteroatoms. The van der Waals surface area contributed by atoms with Crippen molar-refractivity contribution in [3.05, 3.63) is 107 Å². The van der Waals surface area contributed by atoms with E-state index >= 15 is 4.39 Å². The lowest BCUT2D eigenvalue weighted by Crippen LogP contribution is -2.70. The number of allylic oxidation sites excluding steroid dienone is 4. The van der Waals surface area contributed by atoms with Crippen LogP contribution in [-0.2, 0) is 55.9 Å². The van der Waals surface area contributed by atoms with Gasteiger partial charge in [0.05, 0.1) is 31.1 Å². The number of rotatable bonds is 13. The third-order valence-corrected chi connectivity index (χ3v) is 14.7. The molecule has 62 heavy (non-hydrogen) atoms. The van der Waals surface area contributed by atoms with Crippen LogP contribution >= 0.6 is 0 Å². The van der Waals surface area contributed by atoms with E-state index in [2.05, 4.69) is 0 Å². The Kier molecular flexibility index (Phi) is 11.3. The predicted octanol–water partition coefficient (Wildman–Crippen LogP) is 7.06. The van der Waals surface area contributed by atoms with Crippen molar-refractivity contribution < 1.29 is 52.4 Å². The normalized spacial score (nSPS) is 32.3. The maximum Gasteiger partial charge on any atom is 0.306 e. The molecule has 1 saturated heterocycles. The average Bonchev–Trinajstić information content (AvgIpc) is 3.64. The number of Topliss-reactive ketones (excluding diaryl/α,β-unsaturated/α-hetero) is 2. The SMILES string of the molecule is CN(C)C(C(=O)Cc1ccc2ccccc2c1)c1ccc(COC(=O)CCC(=O)OCC(=O)[C@@]23OC(C)(C)O[C@@H]2C[C@H]2[C@@H]4CCC5=CC(=O)C=C[C@]5(C)[C@@]4(F)[C@@H](O)C[C@@]23C)cc1. The highest BCUT2D eigenvalue weighted by Crippen LogP contribution is 2.72. The molecule has 1 heterocycles. The summed E-state index contributed by atoms with van der Waals surface area (Å²) in [5, 5.41) is 14.0. The molecule has 3 aromatic rings. The van der Waals surface area contributed by atoms with Gasteiger partial charge in [-0.25, -0.2) is 4.39 Å². The van der Waals surface area contributed by atoms with Crippen molar-refractivity contribution in [2.24, 2.45) is 22.7 Å². The third kappa shape index (κ3) is 7.26. The van der Waals surface area contributed by atoms with Crippen LogP contribution in [0.5, 0.6) is 0 Å². The van der Waals surface area contributed by atoms with Crippen molar-refractivity contribution >= 4 is 40.1 Å². The number of carbonyl (C=O) groups is 5.